The molecule has 2 amide bonds. The second kappa shape index (κ2) is 8.12. The quantitative estimate of drug-likeness (QED) is 0.850. The Morgan fingerprint density at radius 3 is 2.33 bits per heavy atom. The average Bonchev–Trinajstić information content (AvgIpc) is 3.09. The zero-order chi connectivity index (χ0) is 19.4. The SMILES string of the molecule is COc1cc(NC(=O)[C@H]2CC(=O)N([C@H](C)c3ccccc3)C2)cc(OC)c1. The first-order chi connectivity index (χ1) is 13.0. The molecule has 0 spiro atoms. The maximum absolute atomic E-state index is 12.7. The second-order valence-electron chi connectivity index (χ2n) is 6.62. The predicted molar refractivity (Wildman–Crippen MR) is 103 cm³/mol. The van der Waals surface area contributed by atoms with Crippen molar-refractivity contribution in [3.63, 3.8) is 0 Å². The Hall–Kier alpha value is -3.02. The minimum Gasteiger partial charge on any atom is -0.497 e. The van der Waals surface area contributed by atoms with Gasteiger partial charge < -0.3 is 19.7 Å². The average molecular weight is 368 g/mol. The van der Waals surface area contributed by atoms with Crippen LogP contribution >= 0.6 is 0 Å². The Kier molecular flexibility index (Phi) is 5.64. The maximum atomic E-state index is 12.7. The van der Waals surface area contributed by atoms with Crippen LogP contribution in [0.3, 0.4) is 0 Å². The molecule has 0 unspecified atom stereocenters. The van der Waals surface area contributed by atoms with Gasteiger partial charge in [-0.1, -0.05) is 30.3 Å². The fourth-order valence-electron chi connectivity index (χ4n) is 3.32. The summed E-state index contributed by atoms with van der Waals surface area (Å²) in [6.07, 6.45) is 0.212. The number of ether oxygens (including phenoxy) is 2. The van der Waals surface area contributed by atoms with Gasteiger partial charge in [0.25, 0.3) is 0 Å². The zero-order valence-corrected chi connectivity index (χ0v) is 15.8. The monoisotopic (exact) mass is 368 g/mol. The summed E-state index contributed by atoms with van der Waals surface area (Å²) >= 11 is 0. The van der Waals surface area contributed by atoms with Crippen molar-refractivity contribution in [2.24, 2.45) is 5.92 Å². The van der Waals surface area contributed by atoms with Crippen molar-refractivity contribution in [2.75, 3.05) is 26.1 Å². The number of nitrogens with zero attached hydrogens (tertiary/aromatic N) is 1. The minimum absolute atomic E-state index is 0.00488. The Morgan fingerprint density at radius 1 is 1.11 bits per heavy atom. The zero-order valence-electron chi connectivity index (χ0n) is 15.8. The molecule has 3 rings (SSSR count). The Bertz CT molecular complexity index is 800. The van der Waals surface area contributed by atoms with E-state index in [1.807, 2.05) is 37.3 Å². The van der Waals surface area contributed by atoms with E-state index in [-0.39, 0.29) is 30.2 Å². The number of benzene rings is 2. The van der Waals surface area contributed by atoms with E-state index in [1.54, 1.807) is 37.3 Å². The van der Waals surface area contributed by atoms with Crippen LogP contribution in [0.1, 0.15) is 24.9 Å². The van der Waals surface area contributed by atoms with Crippen LogP contribution in [0.2, 0.25) is 0 Å². The molecule has 0 aliphatic carbocycles. The molecule has 1 fully saturated rings. The van der Waals surface area contributed by atoms with Gasteiger partial charge in [-0.25, -0.2) is 0 Å². The van der Waals surface area contributed by atoms with E-state index in [9.17, 15) is 9.59 Å². The first-order valence-electron chi connectivity index (χ1n) is 8.90. The van der Waals surface area contributed by atoms with Gasteiger partial charge in [0.2, 0.25) is 11.8 Å². The molecule has 1 aliphatic rings. The molecule has 0 aromatic heterocycles. The summed E-state index contributed by atoms with van der Waals surface area (Å²) in [5.74, 6) is 0.606. The van der Waals surface area contributed by atoms with Gasteiger partial charge in [0.15, 0.2) is 0 Å². The van der Waals surface area contributed by atoms with Gasteiger partial charge in [-0.3, -0.25) is 9.59 Å². The third-order valence-electron chi connectivity index (χ3n) is 4.90. The van der Waals surface area contributed by atoms with Crippen molar-refractivity contribution in [2.45, 2.75) is 19.4 Å². The van der Waals surface area contributed by atoms with Crippen molar-refractivity contribution in [1.29, 1.82) is 0 Å². The summed E-state index contributed by atoms with van der Waals surface area (Å²) in [5, 5.41) is 2.88. The number of amides is 2. The van der Waals surface area contributed by atoms with Gasteiger partial charge in [-0.05, 0) is 12.5 Å². The highest BCUT2D eigenvalue weighted by atomic mass is 16.5. The topological polar surface area (TPSA) is 67.9 Å². The van der Waals surface area contributed by atoms with Gasteiger partial charge in [0, 0.05) is 36.9 Å². The number of anilines is 1. The number of hydrogen-bond acceptors (Lipinski definition) is 4. The van der Waals surface area contributed by atoms with Crippen LogP contribution < -0.4 is 14.8 Å². The van der Waals surface area contributed by atoms with Crippen LogP contribution in [0.25, 0.3) is 0 Å². The highest BCUT2D eigenvalue weighted by Crippen LogP contribution is 2.30. The first-order valence-corrected chi connectivity index (χ1v) is 8.90. The summed E-state index contributed by atoms with van der Waals surface area (Å²) in [4.78, 5) is 26.9. The van der Waals surface area contributed by atoms with Gasteiger partial charge in [0.05, 0.1) is 26.2 Å². The molecule has 1 aliphatic heterocycles. The number of carbonyl (C=O) groups excluding carboxylic acids is 2. The van der Waals surface area contributed by atoms with E-state index < -0.39 is 0 Å². The molecule has 0 radical (unpaired) electrons. The number of likely N-dealkylation sites (tertiary alicyclic amines) is 1. The third-order valence-corrected chi connectivity index (χ3v) is 4.90. The van der Waals surface area contributed by atoms with E-state index in [2.05, 4.69) is 5.32 Å². The molecule has 6 nitrogen and oxygen atoms in total. The van der Waals surface area contributed by atoms with E-state index in [0.29, 0.717) is 23.7 Å². The summed E-state index contributed by atoms with van der Waals surface area (Å²) in [6.45, 7) is 2.39. The normalized spacial score (nSPS) is 17.5. The molecule has 2 atom stereocenters. The number of carbonyl (C=O) groups is 2. The molecule has 6 heteroatoms. The fraction of sp³-hybridized carbons (Fsp3) is 0.333. The summed E-state index contributed by atoms with van der Waals surface area (Å²) in [6, 6.07) is 15.0. The van der Waals surface area contributed by atoms with Crippen molar-refractivity contribution in [3.8, 4) is 11.5 Å². The molecule has 2 aromatic rings. The third kappa shape index (κ3) is 4.22. The lowest BCUT2D eigenvalue weighted by Crippen LogP contribution is -2.30. The number of rotatable bonds is 6. The predicted octanol–water partition coefficient (Wildman–Crippen LogP) is 3.25. The lowest BCUT2D eigenvalue weighted by Gasteiger charge is -2.25. The summed E-state index contributed by atoms with van der Waals surface area (Å²) in [7, 11) is 3.11. The largest absolute Gasteiger partial charge is 0.497 e. The smallest absolute Gasteiger partial charge is 0.229 e. The molecule has 2 aromatic carbocycles. The highest BCUT2D eigenvalue weighted by Gasteiger charge is 2.37. The minimum atomic E-state index is -0.388. The number of nitrogens with one attached hydrogen (secondary N) is 1. The van der Waals surface area contributed by atoms with Crippen molar-refractivity contribution in [3.05, 3.63) is 54.1 Å². The Labute approximate surface area is 159 Å². The van der Waals surface area contributed by atoms with E-state index in [0.717, 1.165) is 5.56 Å². The molecule has 0 saturated carbocycles. The van der Waals surface area contributed by atoms with Gasteiger partial charge in [-0.2, -0.15) is 0 Å². The Morgan fingerprint density at radius 2 is 1.74 bits per heavy atom. The lowest BCUT2D eigenvalue weighted by molar-refractivity contribution is -0.129. The summed E-state index contributed by atoms with van der Waals surface area (Å²) in [5.41, 5.74) is 1.64. The van der Waals surface area contributed by atoms with E-state index in [1.165, 1.54) is 0 Å². The van der Waals surface area contributed by atoms with Gasteiger partial charge in [-0.15, -0.1) is 0 Å². The van der Waals surface area contributed by atoms with Crippen LogP contribution in [0.4, 0.5) is 5.69 Å². The lowest BCUT2D eigenvalue weighted by atomic mass is 10.1. The summed E-state index contributed by atoms with van der Waals surface area (Å²) < 4.78 is 10.5. The second-order valence-corrected chi connectivity index (χ2v) is 6.62. The molecule has 0 bridgehead atoms. The molecule has 142 valence electrons. The van der Waals surface area contributed by atoms with Crippen molar-refractivity contribution < 1.29 is 19.1 Å². The number of methoxy groups -OCH3 is 2. The standard InChI is InChI=1S/C21H24N2O4/c1-14(15-7-5-4-6-8-15)23-13-16(9-20(23)24)21(25)22-17-10-18(26-2)12-19(11-17)27-3/h4-8,10-12,14,16H,9,13H2,1-3H3,(H,22,25)/t14-,16+/m1/s1. The first kappa shape index (κ1) is 18.8. The van der Waals surface area contributed by atoms with E-state index >= 15 is 0 Å². The molecule has 1 N–H and O–H groups in total. The van der Waals surface area contributed by atoms with Gasteiger partial charge in [0.1, 0.15) is 11.5 Å². The molecular weight excluding hydrogens is 344 g/mol. The van der Waals surface area contributed by atoms with Crippen LogP contribution in [0, 0.1) is 5.92 Å². The van der Waals surface area contributed by atoms with E-state index in [4.69, 9.17) is 9.47 Å². The molecule has 1 heterocycles. The highest BCUT2D eigenvalue weighted by molar-refractivity contribution is 5.97. The van der Waals surface area contributed by atoms with Crippen LogP contribution in [0.5, 0.6) is 11.5 Å². The van der Waals surface area contributed by atoms with Gasteiger partial charge >= 0.3 is 0 Å². The van der Waals surface area contributed by atoms with Crippen LogP contribution in [-0.4, -0.2) is 37.5 Å². The Balaban J connectivity index is 1.69. The van der Waals surface area contributed by atoms with Crippen LogP contribution in [-0.2, 0) is 9.59 Å². The van der Waals surface area contributed by atoms with Crippen molar-refractivity contribution in [1.82, 2.24) is 4.90 Å². The molecule has 27 heavy (non-hydrogen) atoms. The van der Waals surface area contributed by atoms with Crippen molar-refractivity contribution >= 4 is 17.5 Å². The molecule has 1 saturated heterocycles. The maximum Gasteiger partial charge on any atom is 0.229 e. The fourth-order valence-corrected chi connectivity index (χ4v) is 3.32. The van der Waals surface area contributed by atoms with Crippen LogP contribution in [0.15, 0.2) is 48.5 Å². The molecular formula is C21H24N2O4. The number of hydrogen-bond donors (Lipinski definition) is 1.